The molecule has 0 saturated carbocycles. The lowest BCUT2D eigenvalue weighted by atomic mass is 9.93. The topological polar surface area (TPSA) is 29.3 Å². The van der Waals surface area contributed by atoms with Crippen molar-refractivity contribution in [3.63, 3.8) is 0 Å². The van der Waals surface area contributed by atoms with Crippen LogP contribution in [0.3, 0.4) is 0 Å². The third-order valence-corrected chi connectivity index (χ3v) is 3.34. The summed E-state index contributed by atoms with van der Waals surface area (Å²) in [7, 11) is 0. The van der Waals surface area contributed by atoms with Gasteiger partial charge in [-0.2, -0.15) is 0 Å². The van der Waals surface area contributed by atoms with Crippen LogP contribution in [0.4, 0.5) is 0 Å². The van der Waals surface area contributed by atoms with E-state index in [1.54, 1.807) is 0 Å². The average molecular weight is 218 g/mol. The smallest absolute Gasteiger partial charge is 0.0262 e. The standard InChI is InChI=1S/C14H22N2/c1-11(2)9-16-10-13-6-4-3-5-12(13)7-14(16)8-15/h3-6,11,14H,7-10,15H2,1-2H3. The maximum atomic E-state index is 5.88. The van der Waals surface area contributed by atoms with Crippen LogP contribution in [0.1, 0.15) is 25.0 Å². The fourth-order valence-corrected chi connectivity index (χ4v) is 2.56. The van der Waals surface area contributed by atoms with Crippen molar-refractivity contribution in [3.05, 3.63) is 35.4 Å². The first kappa shape index (κ1) is 11.6. The van der Waals surface area contributed by atoms with Gasteiger partial charge in [-0.05, 0) is 23.5 Å². The summed E-state index contributed by atoms with van der Waals surface area (Å²) in [5.74, 6) is 0.708. The fraction of sp³-hybridized carbons (Fsp3) is 0.571. The first-order valence-electron chi connectivity index (χ1n) is 6.21. The van der Waals surface area contributed by atoms with E-state index in [9.17, 15) is 0 Å². The summed E-state index contributed by atoms with van der Waals surface area (Å²) in [6, 6.07) is 9.28. The van der Waals surface area contributed by atoms with E-state index < -0.39 is 0 Å². The summed E-state index contributed by atoms with van der Waals surface area (Å²) < 4.78 is 0. The van der Waals surface area contributed by atoms with Crippen molar-refractivity contribution in [2.45, 2.75) is 32.9 Å². The zero-order valence-electron chi connectivity index (χ0n) is 10.3. The number of fused-ring (bicyclic) bond motifs is 1. The Balaban J connectivity index is 2.17. The lowest BCUT2D eigenvalue weighted by Gasteiger charge is -2.37. The minimum atomic E-state index is 0.525. The van der Waals surface area contributed by atoms with Crippen LogP contribution in [0.25, 0.3) is 0 Å². The van der Waals surface area contributed by atoms with Crippen LogP contribution < -0.4 is 5.73 Å². The molecular formula is C14H22N2. The van der Waals surface area contributed by atoms with Crippen molar-refractivity contribution in [1.82, 2.24) is 4.90 Å². The molecule has 0 fully saturated rings. The number of rotatable bonds is 3. The summed E-state index contributed by atoms with van der Waals surface area (Å²) in [6.07, 6.45) is 1.11. The summed E-state index contributed by atoms with van der Waals surface area (Å²) in [4.78, 5) is 2.53. The molecule has 0 aliphatic carbocycles. The number of benzene rings is 1. The molecule has 0 bridgehead atoms. The van der Waals surface area contributed by atoms with Crippen molar-refractivity contribution in [1.29, 1.82) is 0 Å². The zero-order chi connectivity index (χ0) is 11.5. The van der Waals surface area contributed by atoms with Gasteiger partial charge in [-0.25, -0.2) is 0 Å². The summed E-state index contributed by atoms with van der Waals surface area (Å²) in [6.45, 7) is 7.52. The third-order valence-electron chi connectivity index (χ3n) is 3.34. The molecule has 2 N–H and O–H groups in total. The molecule has 2 nitrogen and oxygen atoms in total. The Kier molecular flexibility index (Phi) is 3.62. The Bertz CT molecular complexity index is 346. The van der Waals surface area contributed by atoms with E-state index >= 15 is 0 Å². The Morgan fingerprint density at radius 2 is 2.00 bits per heavy atom. The second kappa shape index (κ2) is 4.98. The van der Waals surface area contributed by atoms with Gasteiger partial charge in [-0.1, -0.05) is 38.1 Å². The van der Waals surface area contributed by atoms with Crippen molar-refractivity contribution in [2.24, 2.45) is 11.7 Å². The van der Waals surface area contributed by atoms with Crippen molar-refractivity contribution < 1.29 is 0 Å². The molecule has 88 valence electrons. The van der Waals surface area contributed by atoms with Crippen molar-refractivity contribution in [3.8, 4) is 0 Å². The molecule has 2 heteroatoms. The highest BCUT2D eigenvalue weighted by atomic mass is 15.2. The Labute approximate surface area is 98.4 Å². The van der Waals surface area contributed by atoms with Gasteiger partial charge in [0.25, 0.3) is 0 Å². The van der Waals surface area contributed by atoms with Gasteiger partial charge in [0.05, 0.1) is 0 Å². The molecule has 0 radical (unpaired) electrons. The molecule has 1 heterocycles. The van der Waals surface area contributed by atoms with Crippen molar-refractivity contribution in [2.75, 3.05) is 13.1 Å². The van der Waals surface area contributed by atoms with E-state index in [0.717, 1.165) is 26.1 Å². The fourth-order valence-electron chi connectivity index (χ4n) is 2.56. The second-order valence-electron chi connectivity index (χ2n) is 5.19. The summed E-state index contributed by atoms with van der Waals surface area (Å²) in [5.41, 5.74) is 8.85. The molecule has 1 unspecified atom stereocenters. The van der Waals surface area contributed by atoms with Crippen LogP contribution in [0.2, 0.25) is 0 Å². The predicted octanol–water partition coefficient (Wildman–Crippen LogP) is 2.03. The molecule has 0 amide bonds. The normalized spacial score (nSPS) is 21.1. The minimum Gasteiger partial charge on any atom is -0.329 e. The third kappa shape index (κ3) is 2.45. The van der Waals surface area contributed by atoms with E-state index in [1.807, 2.05) is 0 Å². The Morgan fingerprint density at radius 1 is 1.31 bits per heavy atom. The van der Waals surface area contributed by atoms with Gasteiger partial charge < -0.3 is 5.73 Å². The van der Waals surface area contributed by atoms with Gasteiger partial charge >= 0.3 is 0 Å². The number of nitrogens with two attached hydrogens (primary N) is 1. The average Bonchev–Trinajstić information content (AvgIpc) is 2.27. The molecule has 1 aliphatic heterocycles. The number of hydrogen-bond donors (Lipinski definition) is 1. The second-order valence-corrected chi connectivity index (χ2v) is 5.19. The maximum Gasteiger partial charge on any atom is 0.0262 e. The molecule has 1 atom stereocenters. The molecule has 1 aromatic rings. The lowest BCUT2D eigenvalue weighted by Crippen LogP contribution is -2.46. The van der Waals surface area contributed by atoms with E-state index in [-0.39, 0.29) is 0 Å². The zero-order valence-corrected chi connectivity index (χ0v) is 10.3. The van der Waals surface area contributed by atoms with Crippen LogP contribution in [0, 0.1) is 5.92 Å². The van der Waals surface area contributed by atoms with Gasteiger partial charge in [-0.3, -0.25) is 4.90 Å². The first-order valence-corrected chi connectivity index (χ1v) is 6.21. The molecule has 16 heavy (non-hydrogen) atoms. The highest BCUT2D eigenvalue weighted by Crippen LogP contribution is 2.23. The minimum absolute atomic E-state index is 0.525. The predicted molar refractivity (Wildman–Crippen MR) is 68.2 cm³/mol. The van der Waals surface area contributed by atoms with E-state index in [4.69, 9.17) is 5.73 Å². The molecule has 0 saturated heterocycles. The SMILES string of the molecule is CC(C)CN1Cc2ccccc2CC1CN. The van der Waals surface area contributed by atoms with Gasteiger partial charge in [-0.15, -0.1) is 0 Å². The maximum absolute atomic E-state index is 5.88. The number of hydrogen-bond acceptors (Lipinski definition) is 2. The van der Waals surface area contributed by atoms with E-state index in [1.165, 1.54) is 11.1 Å². The van der Waals surface area contributed by atoms with Gasteiger partial charge in [0.2, 0.25) is 0 Å². The van der Waals surface area contributed by atoms with Gasteiger partial charge in [0, 0.05) is 25.7 Å². The highest BCUT2D eigenvalue weighted by molar-refractivity contribution is 5.30. The van der Waals surface area contributed by atoms with Crippen LogP contribution in [0.15, 0.2) is 24.3 Å². The molecule has 2 rings (SSSR count). The monoisotopic (exact) mass is 218 g/mol. The summed E-state index contributed by atoms with van der Waals surface area (Å²) in [5, 5.41) is 0. The van der Waals surface area contributed by atoms with Crippen LogP contribution in [0.5, 0.6) is 0 Å². The quantitative estimate of drug-likeness (QED) is 0.841. The molecule has 0 aromatic heterocycles. The van der Waals surface area contributed by atoms with Crippen LogP contribution >= 0.6 is 0 Å². The molecular weight excluding hydrogens is 196 g/mol. The highest BCUT2D eigenvalue weighted by Gasteiger charge is 2.24. The Morgan fingerprint density at radius 3 is 2.62 bits per heavy atom. The largest absolute Gasteiger partial charge is 0.329 e. The van der Waals surface area contributed by atoms with Crippen molar-refractivity contribution >= 4 is 0 Å². The van der Waals surface area contributed by atoms with E-state index in [0.29, 0.717) is 12.0 Å². The lowest BCUT2D eigenvalue weighted by molar-refractivity contribution is 0.156. The van der Waals surface area contributed by atoms with Crippen LogP contribution in [-0.4, -0.2) is 24.0 Å². The summed E-state index contributed by atoms with van der Waals surface area (Å²) >= 11 is 0. The molecule has 1 aromatic carbocycles. The molecule has 0 spiro atoms. The molecule has 1 aliphatic rings. The van der Waals surface area contributed by atoms with Crippen LogP contribution in [-0.2, 0) is 13.0 Å². The Hall–Kier alpha value is -0.860. The first-order chi connectivity index (χ1) is 7.70. The number of nitrogens with zero attached hydrogens (tertiary/aromatic N) is 1. The van der Waals surface area contributed by atoms with E-state index in [2.05, 4.69) is 43.0 Å². The van der Waals surface area contributed by atoms with Gasteiger partial charge in [0.1, 0.15) is 0 Å². The van der Waals surface area contributed by atoms with Gasteiger partial charge in [0.15, 0.2) is 0 Å².